The van der Waals surface area contributed by atoms with Crippen LogP contribution in [0.2, 0.25) is 0 Å². The predicted octanol–water partition coefficient (Wildman–Crippen LogP) is 3.11. The molecule has 1 unspecified atom stereocenters. The number of nitrogens with one attached hydrogen (secondary N) is 1. The van der Waals surface area contributed by atoms with Gasteiger partial charge in [0.15, 0.2) is 0 Å². The Bertz CT molecular complexity index is 473. The maximum atomic E-state index is 12.6. The molecule has 1 aliphatic rings. The Labute approximate surface area is 123 Å². The molecule has 1 aromatic rings. The zero-order chi connectivity index (χ0) is 14.0. The van der Waals surface area contributed by atoms with Crippen LogP contribution in [0.15, 0.2) is 28.7 Å². The monoisotopic (exact) mass is 324 g/mol. The zero-order valence-corrected chi connectivity index (χ0v) is 13.3. The Balaban J connectivity index is 2.24. The van der Waals surface area contributed by atoms with E-state index in [9.17, 15) is 4.79 Å². The molecule has 0 bridgehead atoms. The van der Waals surface area contributed by atoms with Gasteiger partial charge < -0.3 is 10.2 Å². The molecular weight excluding hydrogens is 304 g/mol. The third-order valence-corrected chi connectivity index (χ3v) is 4.40. The Morgan fingerprint density at radius 1 is 1.47 bits per heavy atom. The van der Waals surface area contributed by atoms with Crippen molar-refractivity contribution in [2.75, 3.05) is 13.6 Å². The quantitative estimate of drug-likeness (QED) is 0.926. The number of halogens is 1. The van der Waals surface area contributed by atoms with Gasteiger partial charge in [0.05, 0.1) is 11.6 Å². The maximum absolute atomic E-state index is 12.6. The molecular formula is C15H21BrN2O. The van der Waals surface area contributed by atoms with Crippen molar-refractivity contribution in [3.05, 3.63) is 34.3 Å². The van der Waals surface area contributed by atoms with Crippen LogP contribution >= 0.6 is 15.9 Å². The third kappa shape index (κ3) is 3.00. The summed E-state index contributed by atoms with van der Waals surface area (Å²) < 4.78 is 1.07. The van der Waals surface area contributed by atoms with E-state index in [0.29, 0.717) is 0 Å². The number of benzene rings is 1. The van der Waals surface area contributed by atoms with Crippen molar-refractivity contribution in [3.8, 4) is 0 Å². The first-order valence-electron chi connectivity index (χ1n) is 6.71. The maximum Gasteiger partial charge on any atom is 0.242 e. The van der Waals surface area contributed by atoms with Crippen molar-refractivity contribution in [1.29, 1.82) is 0 Å². The molecule has 3 nitrogen and oxygen atoms in total. The standard InChI is InChI=1S/C15H21BrN2O/c1-15(2,17-3)14(19)18-9-5-8-13(18)11-6-4-7-12(16)10-11/h4,6-7,10,13,17H,5,8-9H2,1-3H3. The Morgan fingerprint density at radius 3 is 2.84 bits per heavy atom. The van der Waals surface area contributed by atoms with Crippen molar-refractivity contribution in [3.63, 3.8) is 0 Å². The first-order chi connectivity index (χ1) is 8.95. The lowest BCUT2D eigenvalue weighted by Gasteiger charge is -2.33. The number of carbonyl (C=O) groups excluding carboxylic acids is 1. The van der Waals surface area contributed by atoms with E-state index in [2.05, 4.69) is 33.4 Å². The van der Waals surface area contributed by atoms with E-state index in [4.69, 9.17) is 0 Å². The Morgan fingerprint density at radius 2 is 2.21 bits per heavy atom. The van der Waals surface area contributed by atoms with Gasteiger partial charge >= 0.3 is 0 Å². The summed E-state index contributed by atoms with van der Waals surface area (Å²) in [5.74, 6) is 0.178. The number of hydrogen-bond donors (Lipinski definition) is 1. The van der Waals surface area contributed by atoms with E-state index in [0.717, 1.165) is 23.9 Å². The number of rotatable bonds is 3. The smallest absolute Gasteiger partial charge is 0.242 e. The molecule has 1 amide bonds. The van der Waals surface area contributed by atoms with Crippen LogP contribution < -0.4 is 5.32 Å². The van der Waals surface area contributed by atoms with Crippen molar-refractivity contribution in [2.45, 2.75) is 38.3 Å². The van der Waals surface area contributed by atoms with E-state index in [1.807, 2.05) is 37.9 Å². The second-order valence-corrected chi connectivity index (χ2v) is 6.50. The van der Waals surface area contributed by atoms with Crippen LogP contribution in [-0.2, 0) is 4.79 Å². The molecule has 104 valence electrons. The van der Waals surface area contributed by atoms with Crippen LogP contribution in [0.5, 0.6) is 0 Å². The molecule has 1 aliphatic heterocycles. The van der Waals surface area contributed by atoms with Gasteiger partial charge in [0.25, 0.3) is 0 Å². The largest absolute Gasteiger partial charge is 0.334 e. The summed E-state index contributed by atoms with van der Waals surface area (Å²) in [5.41, 5.74) is 0.710. The molecule has 2 rings (SSSR count). The molecule has 1 heterocycles. The third-order valence-electron chi connectivity index (χ3n) is 3.91. The first-order valence-corrected chi connectivity index (χ1v) is 7.50. The number of amides is 1. The second kappa shape index (κ2) is 5.63. The van der Waals surface area contributed by atoms with Gasteiger partial charge in [-0.15, -0.1) is 0 Å². The minimum atomic E-state index is -0.505. The predicted molar refractivity (Wildman–Crippen MR) is 81.0 cm³/mol. The Kier molecular flexibility index (Phi) is 4.31. The lowest BCUT2D eigenvalue weighted by molar-refractivity contribution is -0.137. The fourth-order valence-electron chi connectivity index (χ4n) is 2.54. The van der Waals surface area contributed by atoms with Gasteiger partial charge in [-0.1, -0.05) is 28.1 Å². The number of nitrogens with zero attached hydrogens (tertiary/aromatic N) is 1. The number of likely N-dealkylation sites (tertiary alicyclic amines) is 1. The molecule has 1 saturated heterocycles. The van der Waals surface area contributed by atoms with Gasteiger partial charge in [-0.2, -0.15) is 0 Å². The summed E-state index contributed by atoms with van der Waals surface area (Å²) in [5, 5.41) is 3.10. The molecule has 4 heteroatoms. The number of carbonyl (C=O) groups is 1. The van der Waals surface area contributed by atoms with Gasteiger partial charge in [0.2, 0.25) is 5.91 Å². The SMILES string of the molecule is CNC(C)(C)C(=O)N1CCCC1c1cccc(Br)c1. The van der Waals surface area contributed by atoms with E-state index in [1.165, 1.54) is 5.56 Å². The summed E-state index contributed by atoms with van der Waals surface area (Å²) in [6.07, 6.45) is 2.12. The van der Waals surface area contributed by atoms with Crippen LogP contribution in [0.25, 0.3) is 0 Å². The minimum absolute atomic E-state index is 0.178. The van der Waals surface area contributed by atoms with Crippen LogP contribution in [0, 0.1) is 0 Å². The summed E-state index contributed by atoms with van der Waals surface area (Å²) in [6.45, 7) is 4.72. The van der Waals surface area contributed by atoms with Gasteiger partial charge in [0, 0.05) is 11.0 Å². The van der Waals surface area contributed by atoms with E-state index in [-0.39, 0.29) is 11.9 Å². The molecule has 1 atom stereocenters. The average Bonchev–Trinajstić information content (AvgIpc) is 2.86. The highest BCUT2D eigenvalue weighted by atomic mass is 79.9. The van der Waals surface area contributed by atoms with Crippen LogP contribution in [0.4, 0.5) is 0 Å². The summed E-state index contributed by atoms with van der Waals surface area (Å²) in [6, 6.07) is 8.47. The van der Waals surface area contributed by atoms with Crippen LogP contribution in [0.1, 0.15) is 38.3 Å². The molecule has 1 N–H and O–H groups in total. The Hall–Kier alpha value is -0.870. The summed E-state index contributed by atoms with van der Waals surface area (Å²) in [4.78, 5) is 14.6. The molecule has 0 radical (unpaired) electrons. The highest BCUT2D eigenvalue weighted by Crippen LogP contribution is 2.34. The zero-order valence-electron chi connectivity index (χ0n) is 11.7. The first kappa shape index (κ1) is 14.5. The minimum Gasteiger partial charge on any atom is -0.334 e. The van der Waals surface area contributed by atoms with Crippen molar-refractivity contribution >= 4 is 21.8 Å². The highest BCUT2D eigenvalue weighted by Gasteiger charge is 2.37. The normalized spacial score (nSPS) is 19.8. The van der Waals surface area contributed by atoms with Gasteiger partial charge in [-0.25, -0.2) is 0 Å². The molecule has 0 aromatic heterocycles. The van der Waals surface area contributed by atoms with Crippen molar-refractivity contribution < 1.29 is 4.79 Å². The molecule has 19 heavy (non-hydrogen) atoms. The fraction of sp³-hybridized carbons (Fsp3) is 0.533. The molecule has 0 aliphatic carbocycles. The molecule has 0 spiro atoms. The van der Waals surface area contributed by atoms with Gasteiger partial charge in [-0.3, -0.25) is 4.79 Å². The summed E-state index contributed by atoms with van der Waals surface area (Å²) >= 11 is 3.50. The van der Waals surface area contributed by atoms with Crippen LogP contribution in [-0.4, -0.2) is 29.9 Å². The highest BCUT2D eigenvalue weighted by molar-refractivity contribution is 9.10. The number of likely N-dealkylation sites (N-methyl/N-ethyl adjacent to an activating group) is 1. The van der Waals surface area contributed by atoms with E-state index < -0.39 is 5.54 Å². The number of hydrogen-bond acceptors (Lipinski definition) is 2. The van der Waals surface area contributed by atoms with E-state index in [1.54, 1.807) is 0 Å². The van der Waals surface area contributed by atoms with Crippen molar-refractivity contribution in [2.24, 2.45) is 0 Å². The van der Waals surface area contributed by atoms with Crippen molar-refractivity contribution in [1.82, 2.24) is 10.2 Å². The lowest BCUT2D eigenvalue weighted by Crippen LogP contribution is -2.52. The van der Waals surface area contributed by atoms with Crippen LogP contribution in [0.3, 0.4) is 0 Å². The fourth-order valence-corrected chi connectivity index (χ4v) is 2.95. The van der Waals surface area contributed by atoms with Gasteiger partial charge in [0.1, 0.15) is 0 Å². The lowest BCUT2D eigenvalue weighted by atomic mass is 10.0. The second-order valence-electron chi connectivity index (χ2n) is 5.59. The van der Waals surface area contributed by atoms with E-state index >= 15 is 0 Å². The molecule has 1 fully saturated rings. The van der Waals surface area contributed by atoms with Gasteiger partial charge in [-0.05, 0) is 51.4 Å². The topological polar surface area (TPSA) is 32.3 Å². The average molecular weight is 325 g/mol. The molecule has 1 aromatic carbocycles. The molecule has 0 saturated carbocycles. The summed E-state index contributed by atoms with van der Waals surface area (Å²) in [7, 11) is 1.84.